The fraction of sp³-hybridized carbons (Fsp3) is 0.429. The van der Waals surface area contributed by atoms with Gasteiger partial charge in [0, 0.05) is 12.7 Å². The molecule has 0 bridgehead atoms. The Morgan fingerprint density at radius 3 is 2.67 bits per heavy atom. The topological polar surface area (TPSA) is 81.4 Å². The smallest absolute Gasteiger partial charge is 0.242 e. The van der Waals surface area contributed by atoms with Gasteiger partial charge in [-0.15, -0.1) is 0 Å². The summed E-state index contributed by atoms with van der Waals surface area (Å²) in [6, 6.07) is 3.33. The minimum absolute atomic E-state index is 0.0542. The van der Waals surface area contributed by atoms with Gasteiger partial charge in [-0.05, 0) is 32.0 Å². The van der Waals surface area contributed by atoms with Crippen LogP contribution in [0.25, 0.3) is 0 Å². The maximum absolute atomic E-state index is 13.3. The molecule has 0 heterocycles. The summed E-state index contributed by atoms with van der Waals surface area (Å²) in [4.78, 5) is -0.0889. The molecular formula is C14H19FN2O3S. The Morgan fingerprint density at radius 2 is 2.10 bits per heavy atom. The third kappa shape index (κ3) is 5.10. The summed E-state index contributed by atoms with van der Waals surface area (Å²) < 4.78 is 45.6. The molecule has 0 amide bonds. The van der Waals surface area contributed by atoms with Gasteiger partial charge in [0.15, 0.2) is 0 Å². The zero-order valence-corrected chi connectivity index (χ0v) is 13.1. The van der Waals surface area contributed by atoms with Crippen molar-refractivity contribution in [3.05, 3.63) is 29.6 Å². The van der Waals surface area contributed by atoms with Crippen LogP contribution in [0.1, 0.15) is 19.4 Å². The number of hydrogen-bond donors (Lipinski definition) is 2. The van der Waals surface area contributed by atoms with Crippen LogP contribution in [0, 0.1) is 17.7 Å². The molecule has 1 rings (SSSR count). The highest BCUT2D eigenvalue weighted by atomic mass is 32.2. The van der Waals surface area contributed by atoms with Gasteiger partial charge >= 0.3 is 0 Å². The van der Waals surface area contributed by atoms with E-state index in [2.05, 4.69) is 16.6 Å². The Bertz CT molecular complexity index is 661. The maximum Gasteiger partial charge on any atom is 0.242 e. The minimum Gasteiger partial charge on any atom is -0.383 e. The van der Waals surface area contributed by atoms with Crippen LogP contribution in [-0.4, -0.2) is 34.2 Å². The predicted octanol–water partition coefficient (Wildman–Crippen LogP) is 0.839. The van der Waals surface area contributed by atoms with Crippen molar-refractivity contribution in [3.63, 3.8) is 0 Å². The van der Waals surface area contributed by atoms with Crippen LogP contribution < -0.4 is 10.5 Å². The van der Waals surface area contributed by atoms with Gasteiger partial charge in [-0.1, -0.05) is 11.8 Å². The van der Waals surface area contributed by atoms with Gasteiger partial charge in [0.1, 0.15) is 5.82 Å². The first-order valence-electron chi connectivity index (χ1n) is 6.23. The van der Waals surface area contributed by atoms with Gasteiger partial charge < -0.3 is 10.5 Å². The first-order chi connectivity index (χ1) is 9.72. The van der Waals surface area contributed by atoms with Crippen LogP contribution in [0.2, 0.25) is 0 Å². The molecule has 21 heavy (non-hydrogen) atoms. The summed E-state index contributed by atoms with van der Waals surface area (Å²) in [6.07, 6.45) is 0. The average Bonchev–Trinajstić information content (AvgIpc) is 2.34. The van der Waals surface area contributed by atoms with Crippen molar-refractivity contribution < 1.29 is 17.5 Å². The quantitative estimate of drug-likeness (QED) is 0.789. The van der Waals surface area contributed by atoms with Crippen LogP contribution in [0.3, 0.4) is 0 Å². The molecule has 0 saturated heterocycles. The van der Waals surface area contributed by atoms with Crippen molar-refractivity contribution >= 4 is 10.0 Å². The Labute approximate surface area is 124 Å². The van der Waals surface area contributed by atoms with E-state index in [0.717, 1.165) is 12.1 Å². The number of ether oxygens (including phenoxy) is 1. The number of hydrogen-bond acceptors (Lipinski definition) is 4. The van der Waals surface area contributed by atoms with Gasteiger partial charge in [-0.2, -0.15) is 0 Å². The molecule has 0 atom stereocenters. The highest BCUT2D eigenvalue weighted by molar-refractivity contribution is 7.89. The highest BCUT2D eigenvalue weighted by Gasteiger charge is 2.27. The minimum atomic E-state index is -3.86. The molecule has 5 nitrogen and oxygen atoms in total. The summed E-state index contributed by atoms with van der Waals surface area (Å²) in [7, 11) is -2.38. The number of sulfonamides is 1. The van der Waals surface area contributed by atoms with Gasteiger partial charge in [-0.3, -0.25) is 0 Å². The van der Waals surface area contributed by atoms with Crippen molar-refractivity contribution in [1.29, 1.82) is 0 Å². The lowest BCUT2D eigenvalue weighted by Crippen LogP contribution is -2.46. The molecule has 1 aromatic rings. The van der Waals surface area contributed by atoms with Gasteiger partial charge in [0.25, 0.3) is 0 Å². The third-order valence-electron chi connectivity index (χ3n) is 2.47. The van der Waals surface area contributed by atoms with Crippen molar-refractivity contribution in [2.45, 2.75) is 24.3 Å². The number of nitrogens with one attached hydrogen (secondary N) is 1. The van der Waals surface area contributed by atoms with E-state index in [1.54, 1.807) is 13.8 Å². The van der Waals surface area contributed by atoms with Crippen LogP contribution in [0.4, 0.5) is 4.39 Å². The first kappa shape index (κ1) is 17.6. The monoisotopic (exact) mass is 314 g/mol. The Morgan fingerprint density at radius 1 is 1.43 bits per heavy atom. The van der Waals surface area contributed by atoms with Crippen molar-refractivity contribution in [3.8, 4) is 11.8 Å². The molecule has 0 aromatic heterocycles. The standard InChI is InChI=1S/C14H19FN2O3S/c1-14(2,10-20-3)17-21(18,19)13-7-6-12(15)9-11(13)5-4-8-16/h6-7,9,17H,8,10,16H2,1-3H3. The highest BCUT2D eigenvalue weighted by Crippen LogP contribution is 2.18. The zero-order valence-electron chi connectivity index (χ0n) is 12.2. The largest absolute Gasteiger partial charge is 0.383 e. The molecule has 0 aliphatic heterocycles. The fourth-order valence-corrected chi connectivity index (χ4v) is 3.33. The maximum atomic E-state index is 13.3. The number of rotatable bonds is 5. The normalized spacial score (nSPS) is 11.9. The van der Waals surface area contributed by atoms with E-state index in [9.17, 15) is 12.8 Å². The van der Waals surface area contributed by atoms with E-state index >= 15 is 0 Å². The molecule has 0 aliphatic rings. The first-order valence-corrected chi connectivity index (χ1v) is 7.71. The fourth-order valence-electron chi connectivity index (χ4n) is 1.79. The van der Waals surface area contributed by atoms with E-state index in [-0.39, 0.29) is 23.6 Å². The van der Waals surface area contributed by atoms with Crippen LogP contribution >= 0.6 is 0 Å². The van der Waals surface area contributed by atoms with Crippen LogP contribution in [0.5, 0.6) is 0 Å². The van der Waals surface area contributed by atoms with E-state index in [0.29, 0.717) is 0 Å². The number of benzene rings is 1. The number of nitrogens with two attached hydrogens (primary N) is 1. The van der Waals surface area contributed by atoms with Crippen molar-refractivity contribution in [2.24, 2.45) is 5.73 Å². The molecule has 0 saturated carbocycles. The summed E-state index contributed by atoms with van der Waals surface area (Å²) >= 11 is 0. The molecule has 116 valence electrons. The molecule has 3 N–H and O–H groups in total. The second-order valence-corrected chi connectivity index (χ2v) is 6.72. The zero-order chi connectivity index (χ0) is 16.1. The predicted molar refractivity (Wildman–Crippen MR) is 78.6 cm³/mol. The van der Waals surface area contributed by atoms with Crippen LogP contribution in [0.15, 0.2) is 23.1 Å². The van der Waals surface area contributed by atoms with Gasteiger partial charge in [0.05, 0.1) is 23.6 Å². The Hall–Kier alpha value is -1.46. The molecule has 0 unspecified atom stereocenters. The molecular weight excluding hydrogens is 295 g/mol. The lowest BCUT2D eigenvalue weighted by molar-refractivity contribution is 0.141. The van der Waals surface area contributed by atoms with Gasteiger partial charge in [0.2, 0.25) is 10.0 Å². The van der Waals surface area contributed by atoms with E-state index < -0.39 is 21.4 Å². The second kappa shape index (κ2) is 7.00. The molecule has 0 fully saturated rings. The second-order valence-electron chi connectivity index (χ2n) is 5.07. The summed E-state index contributed by atoms with van der Waals surface area (Å²) in [5.41, 5.74) is 4.53. The lowest BCUT2D eigenvalue weighted by atomic mass is 10.1. The Kier molecular flexibility index (Phi) is 5.87. The van der Waals surface area contributed by atoms with Gasteiger partial charge in [-0.25, -0.2) is 17.5 Å². The number of halogens is 1. The summed E-state index contributed by atoms with van der Waals surface area (Å²) in [5, 5.41) is 0. The lowest BCUT2D eigenvalue weighted by Gasteiger charge is -2.25. The Balaban J connectivity index is 3.25. The van der Waals surface area contributed by atoms with E-state index in [1.807, 2.05) is 0 Å². The summed E-state index contributed by atoms with van der Waals surface area (Å²) in [6.45, 7) is 3.61. The summed E-state index contributed by atoms with van der Waals surface area (Å²) in [5.74, 6) is 4.54. The molecule has 1 aromatic carbocycles. The average molecular weight is 314 g/mol. The molecule has 7 heteroatoms. The van der Waals surface area contributed by atoms with Crippen LogP contribution in [-0.2, 0) is 14.8 Å². The molecule has 0 radical (unpaired) electrons. The number of methoxy groups -OCH3 is 1. The van der Waals surface area contributed by atoms with E-state index in [1.165, 1.54) is 13.2 Å². The van der Waals surface area contributed by atoms with Crippen molar-refractivity contribution in [1.82, 2.24) is 4.72 Å². The molecule has 0 aliphatic carbocycles. The third-order valence-corrected chi connectivity index (χ3v) is 4.23. The SMILES string of the molecule is COCC(C)(C)NS(=O)(=O)c1ccc(F)cc1C#CCN. The van der Waals surface area contributed by atoms with E-state index in [4.69, 9.17) is 10.5 Å². The van der Waals surface area contributed by atoms with Crippen molar-refractivity contribution in [2.75, 3.05) is 20.3 Å². The molecule has 0 spiro atoms.